The van der Waals surface area contributed by atoms with E-state index in [-0.39, 0.29) is 12.4 Å². The first kappa shape index (κ1) is 18.3. The first-order valence-electron chi connectivity index (χ1n) is 6.62. The SMILES string of the molecule is CSc1ccc(CNCCCSc2ncccn2)cc1.Cl. The minimum absolute atomic E-state index is 0. The second-order valence-corrected chi connectivity index (χ2v) is 6.20. The standard InChI is InChI=1S/C15H19N3S2.ClH/c1-19-14-6-4-13(5-7-14)12-16-8-3-11-20-15-17-9-2-10-18-15;/h2,4-7,9-10,16H,3,8,11-12H2,1H3;1H. The van der Waals surface area contributed by atoms with E-state index in [2.05, 4.69) is 45.8 Å². The summed E-state index contributed by atoms with van der Waals surface area (Å²) in [5.41, 5.74) is 1.34. The summed E-state index contributed by atoms with van der Waals surface area (Å²) in [6, 6.07) is 10.6. The maximum Gasteiger partial charge on any atom is 0.187 e. The number of aromatic nitrogens is 2. The molecule has 1 aromatic carbocycles. The number of hydrogen-bond acceptors (Lipinski definition) is 5. The Labute approximate surface area is 141 Å². The van der Waals surface area contributed by atoms with Crippen LogP contribution in [0.15, 0.2) is 52.8 Å². The number of hydrogen-bond donors (Lipinski definition) is 1. The Morgan fingerprint density at radius 2 is 1.81 bits per heavy atom. The summed E-state index contributed by atoms with van der Waals surface area (Å²) in [4.78, 5) is 9.69. The van der Waals surface area contributed by atoms with Crippen molar-refractivity contribution in [3.63, 3.8) is 0 Å². The van der Waals surface area contributed by atoms with Crippen LogP contribution in [0.25, 0.3) is 0 Å². The van der Waals surface area contributed by atoms with Crippen molar-refractivity contribution in [3.05, 3.63) is 48.3 Å². The van der Waals surface area contributed by atoms with Crippen LogP contribution in [0.2, 0.25) is 0 Å². The van der Waals surface area contributed by atoms with Gasteiger partial charge in [-0.2, -0.15) is 0 Å². The van der Waals surface area contributed by atoms with Crippen LogP contribution in [0.5, 0.6) is 0 Å². The lowest BCUT2D eigenvalue weighted by Crippen LogP contribution is -2.15. The topological polar surface area (TPSA) is 37.8 Å². The molecule has 0 aliphatic carbocycles. The average molecular weight is 342 g/mol. The van der Waals surface area contributed by atoms with Crippen LogP contribution < -0.4 is 5.32 Å². The van der Waals surface area contributed by atoms with Gasteiger partial charge in [0.2, 0.25) is 0 Å². The van der Waals surface area contributed by atoms with E-state index in [9.17, 15) is 0 Å². The number of nitrogens with one attached hydrogen (secondary N) is 1. The van der Waals surface area contributed by atoms with E-state index in [1.807, 2.05) is 6.07 Å². The minimum atomic E-state index is 0. The van der Waals surface area contributed by atoms with Gasteiger partial charge in [-0.3, -0.25) is 0 Å². The molecular formula is C15H20ClN3S2. The summed E-state index contributed by atoms with van der Waals surface area (Å²) < 4.78 is 0. The third-order valence-electron chi connectivity index (χ3n) is 2.76. The molecule has 1 heterocycles. The smallest absolute Gasteiger partial charge is 0.187 e. The van der Waals surface area contributed by atoms with Gasteiger partial charge in [-0.05, 0) is 43.0 Å². The lowest BCUT2D eigenvalue weighted by Gasteiger charge is -2.05. The predicted octanol–water partition coefficient (Wildman–Crippen LogP) is 3.89. The van der Waals surface area contributed by atoms with Crippen molar-refractivity contribution in [2.24, 2.45) is 0 Å². The van der Waals surface area contributed by atoms with Crippen molar-refractivity contribution < 1.29 is 0 Å². The highest BCUT2D eigenvalue weighted by molar-refractivity contribution is 7.99. The van der Waals surface area contributed by atoms with Gasteiger partial charge in [-0.1, -0.05) is 23.9 Å². The van der Waals surface area contributed by atoms with Crippen molar-refractivity contribution >= 4 is 35.9 Å². The second-order valence-electron chi connectivity index (χ2n) is 4.26. The van der Waals surface area contributed by atoms with Gasteiger partial charge in [0.1, 0.15) is 0 Å². The Hall–Kier alpha value is -0.750. The van der Waals surface area contributed by atoms with Gasteiger partial charge in [0, 0.05) is 29.6 Å². The molecule has 0 radical (unpaired) electrons. The van der Waals surface area contributed by atoms with Crippen LogP contribution in [-0.2, 0) is 6.54 Å². The highest BCUT2D eigenvalue weighted by atomic mass is 35.5. The van der Waals surface area contributed by atoms with E-state index in [4.69, 9.17) is 0 Å². The van der Waals surface area contributed by atoms with Crippen molar-refractivity contribution in [2.75, 3.05) is 18.6 Å². The summed E-state index contributed by atoms with van der Waals surface area (Å²) >= 11 is 3.48. The molecule has 2 rings (SSSR count). The highest BCUT2D eigenvalue weighted by Gasteiger charge is 1.96. The van der Waals surface area contributed by atoms with Gasteiger partial charge >= 0.3 is 0 Å². The fourth-order valence-electron chi connectivity index (χ4n) is 1.70. The molecule has 0 fully saturated rings. The fourth-order valence-corrected chi connectivity index (χ4v) is 2.85. The van der Waals surface area contributed by atoms with E-state index < -0.39 is 0 Å². The van der Waals surface area contributed by atoms with Crippen molar-refractivity contribution in [2.45, 2.75) is 23.0 Å². The maximum absolute atomic E-state index is 4.19. The molecule has 0 atom stereocenters. The van der Waals surface area contributed by atoms with Crippen molar-refractivity contribution in [1.29, 1.82) is 0 Å². The minimum Gasteiger partial charge on any atom is -0.313 e. The van der Waals surface area contributed by atoms with E-state index in [1.54, 1.807) is 35.9 Å². The highest BCUT2D eigenvalue weighted by Crippen LogP contribution is 2.15. The first-order chi connectivity index (χ1) is 9.88. The van der Waals surface area contributed by atoms with Crippen LogP contribution in [0.1, 0.15) is 12.0 Å². The Balaban J connectivity index is 0.00000220. The number of benzene rings is 1. The third kappa shape index (κ3) is 7.18. The zero-order chi connectivity index (χ0) is 14.0. The summed E-state index contributed by atoms with van der Waals surface area (Å²) in [5.74, 6) is 1.04. The lowest BCUT2D eigenvalue weighted by atomic mass is 10.2. The summed E-state index contributed by atoms with van der Waals surface area (Å²) in [7, 11) is 0. The van der Waals surface area contributed by atoms with Gasteiger partial charge in [0.15, 0.2) is 5.16 Å². The number of nitrogens with zero attached hydrogens (tertiary/aromatic N) is 2. The average Bonchev–Trinajstić information content (AvgIpc) is 2.52. The molecule has 0 aliphatic heterocycles. The molecule has 1 N–H and O–H groups in total. The Morgan fingerprint density at radius 1 is 1.10 bits per heavy atom. The monoisotopic (exact) mass is 341 g/mol. The maximum atomic E-state index is 4.19. The Kier molecular flexibility index (Phi) is 9.50. The third-order valence-corrected chi connectivity index (χ3v) is 4.46. The normalized spacial score (nSPS) is 10.1. The van der Waals surface area contributed by atoms with E-state index in [0.717, 1.165) is 30.4 Å². The molecule has 0 saturated carbocycles. The molecule has 0 aliphatic rings. The van der Waals surface area contributed by atoms with Crippen molar-refractivity contribution in [1.82, 2.24) is 15.3 Å². The summed E-state index contributed by atoms with van der Waals surface area (Å²) in [6.45, 7) is 1.95. The summed E-state index contributed by atoms with van der Waals surface area (Å²) in [6.07, 6.45) is 6.78. The van der Waals surface area contributed by atoms with Crippen LogP contribution in [0.4, 0.5) is 0 Å². The van der Waals surface area contributed by atoms with Crippen LogP contribution in [0, 0.1) is 0 Å². The molecule has 0 unspecified atom stereocenters. The molecule has 0 amide bonds. The lowest BCUT2D eigenvalue weighted by molar-refractivity contribution is 0.678. The molecule has 6 heteroatoms. The fraction of sp³-hybridized carbons (Fsp3) is 0.333. The molecule has 3 nitrogen and oxygen atoms in total. The number of halogens is 1. The number of rotatable bonds is 8. The van der Waals surface area contributed by atoms with E-state index in [0.29, 0.717) is 0 Å². The predicted molar refractivity (Wildman–Crippen MR) is 94.6 cm³/mol. The molecule has 2 aromatic rings. The van der Waals surface area contributed by atoms with Crippen LogP contribution in [0.3, 0.4) is 0 Å². The van der Waals surface area contributed by atoms with Gasteiger partial charge in [-0.15, -0.1) is 24.2 Å². The molecule has 114 valence electrons. The molecule has 0 bridgehead atoms. The molecule has 1 aromatic heterocycles. The van der Waals surface area contributed by atoms with Crippen LogP contribution >= 0.6 is 35.9 Å². The van der Waals surface area contributed by atoms with E-state index >= 15 is 0 Å². The Bertz CT molecular complexity index is 494. The molecule has 0 saturated heterocycles. The first-order valence-corrected chi connectivity index (χ1v) is 8.83. The number of thioether (sulfide) groups is 2. The van der Waals surface area contributed by atoms with Gasteiger partial charge < -0.3 is 5.32 Å². The molecule has 21 heavy (non-hydrogen) atoms. The second kappa shape index (κ2) is 10.9. The van der Waals surface area contributed by atoms with Crippen molar-refractivity contribution in [3.8, 4) is 0 Å². The zero-order valence-corrected chi connectivity index (χ0v) is 14.4. The Morgan fingerprint density at radius 3 is 2.48 bits per heavy atom. The van der Waals surface area contributed by atoms with E-state index in [1.165, 1.54) is 10.5 Å². The van der Waals surface area contributed by atoms with Crippen LogP contribution in [-0.4, -0.2) is 28.5 Å². The van der Waals surface area contributed by atoms with Gasteiger partial charge in [0.05, 0.1) is 0 Å². The molecule has 0 spiro atoms. The summed E-state index contributed by atoms with van der Waals surface area (Å²) in [5, 5.41) is 4.33. The van der Waals surface area contributed by atoms with Gasteiger partial charge in [-0.25, -0.2) is 9.97 Å². The quantitative estimate of drug-likeness (QED) is 0.448. The zero-order valence-electron chi connectivity index (χ0n) is 12.0. The largest absolute Gasteiger partial charge is 0.313 e. The van der Waals surface area contributed by atoms with Gasteiger partial charge in [0.25, 0.3) is 0 Å². The molecular weight excluding hydrogens is 322 g/mol.